The van der Waals surface area contributed by atoms with E-state index in [2.05, 4.69) is 0 Å². The molecule has 10 heteroatoms. The highest BCUT2D eigenvalue weighted by Crippen LogP contribution is 2.39. The zero-order chi connectivity index (χ0) is 16.7. The molecule has 130 valence electrons. The smallest absolute Gasteiger partial charge is 0.310 e. The van der Waals surface area contributed by atoms with Crippen LogP contribution in [0.15, 0.2) is 23.1 Å². The number of sulfonamides is 1. The first-order valence-corrected chi connectivity index (χ1v) is 9.52. The molecule has 23 heavy (non-hydrogen) atoms. The molecule has 6 nitrogen and oxygen atoms in total. The minimum absolute atomic E-state index is 0. The predicted molar refractivity (Wildman–Crippen MR) is 88.7 cm³/mol. The molecule has 1 aromatic rings. The maximum Gasteiger partial charge on any atom is 0.310 e. The zero-order valence-corrected chi connectivity index (χ0v) is 16.9. The van der Waals surface area contributed by atoms with Crippen molar-refractivity contribution in [2.75, 3.05) is 26.4 Å². The third kappa shape index (κ3) is 3.85. The van der Waals surface area contributed by atoms with Gasteiger partial charge in [-0.3, -0.25) is 4.58 Å². The van der Waals surface area contributed by atoms with Crippen molar-refractivity contribution >= 4 is 38.6 Å². The van der Waals surface area contributed by atoms with Crippen LogP contribution in [0.25, 0.3) is 0 Å². The first-order chi connectivity index (χ1) is 10.1. The van der Waals surface area contributed by atoms with Crippen molar-refractivity contribution < 1.29 is 35.1 Å². The third-order valence-corrected chi connectivity index (χ3v) is 6.26. The topological polar surface area (TPSA) is 86.6 Å². The van der Waals surface area contributed by atoms with Crippen molar-refractivity contribution in [2.45, 2.75) is 17.5 Å². The standard InChI is InChI=1S/C13H19ClN3O3S2.BrH/c1-4-17-12(16(2)3)21-8-13(17,18)9-5-6-10(14)11(7-9)22(15,19)20;/h5-7,18H,4,8H2,1-3H3,(H2,15,19,20);1H/q+1;/p-1. The van der Waals surface area contributed by atoms with Gasteiger partial charge in [0.2, 0.25) is 15.7 Å². The highest BCUT2D eigenvalue weighted by molar-refractivity contribution is 8.13. The van der Waals surface area contributed by atoms with Crippen LogP contribution >= 0.6 is 23.4 Å². The van der Waals surface area contributed by atoms with Crippen LogP contribution in [-0.2, 0) is 15.7 Å². The fourth-order valence-electron chi connectivity index (χ4n) is 2.46. The van der Waals surface area contributed by atoms with Gasteiger partial charge in [0.1, 0.15) is 4.90 Å². The molecule has 0 amide bonds. The molecule has 0 aliphatic carbocycles. The number of hydrogen-bond acceptors (Lipinski definition) is 4. The van der Waals surface area contributed by atoms with E-state index < -0.39 is 15.7 Å². The Morgan fingerprint density at radius 3 is 2.57 bits per heavy atom. The molecule has 0 saturated carbocycles. The third-order valence-electron chi connectivity index (χ3n) is 3.48. The summed E-state index contributed by atoms with van der Waals surface area (Å²) in [6.45, 7) is 2.50. The van der Waals surface area contributed by atoms with Gasteiger partial charge in [-0.05, 0) is 30.8 Å². The molecular formula is C13H19BrClN3O3S2. The average Bonchev–Trinajstić information content (AvgIpc) is 2.76. The van der Waals surface area contributed by atoms with Crippen LogP contribution < -0.4 is 22.1 Å². The summed E-state index contributed by atoms with van der Waals surface area (Å²) in [5, 5.41) is 17.2. The lowest BCUT2D eigenvalue weighted by Crippen LogP contribution is -3.00. The van der Waals surface area contributed by atoms with Gasteiger partial charge in [0.15, 0.2) is 0 Å². The van der Waals surface area contributed by atoms with Gasteiger partial charge < -0.3 is 22.1 Å². The Morgan fingerprint density at radius 2 is 2.09 bits per heavy atom. The number of nitrogens with zero attached hydrogens (tertiary/aromatic N) is 2. The van der Waals surface area contributed by atoms with Gasteiger partial charge in [-0.2, -0.15) is 0 Å². The molecule has 0 aromatic heterocycles. The van der Waals surface area contributed by atoms with E-state index in [1.807, 2.05) is 30.5 Å². The summed E-state index contributed by atoms with van der Waals surface area (Å²) >= 11 is 7.42. The first-order valence-electron chi connectivity index (χ1n) is 6.61. The molecule has 1 atom stereocenters. The largest absolute Gasteiger partial charge is 1.00 e. The Bertz CT molecular complexity index is 738. The Morgan fingerprint density at radius 1 is 1.48 bits per heavy atom. The number of rotatable bonds is 3. The summed E-state index contributed by atoms with van der Waals surface area (Å²) < 4.78 is 25.2. The molecule has 0 radical (unpaired) electrons. The zero-order valence-electron chi connectivity index (χ0n) is 13.0. The number of primary sulfonamides is 1. The van der Waals surface area contributed by atoms with Crippen LogP contribution in [0.3, 0.4) is 0 Å². The van der Waals surface area contributed by atoms with Gasteiger partial charge in [-0.15, -0.1) is 0 Å². The fourth-order valence-corrected chi connectivity index (χ4v) is 4.87. The van der Waals surface area contributed by atoms with Gasteiger partial charge in [0, 0.05) is 5.56 Å². The monoisotopic (exact) mass is 443 g/mol. The number of halogens is 2. The predicted octanol–water partition coefficient (Wildman–Crippen LogP) is -2.17. The Balaban J connectivity index is 0.00000264. The van der Waals surface area contributed by atoms with Crippen LogP contribution in [-0.4, -0.2) is 54.6 Å². The highest BCUT2D eigenvalue weighted by Gasteiger charge is 2.51. The molecule has 0 bridgehead atoms. The van der Waals surface area contributed by atoms with Crippen molar-refractivity contribution in [1.82, 2.24) is 4.90 Å². The van der Waals surface area contributed by atoms with E-state index in [-0.39, 0.29) is 26.9 Å². The van der Waals surface area contributed by atoms with Crippen LogP contribution in [0, 0.1) is 0 Å². The number of hydrogen-bond donors (Lipinski definition) is 2. The van der Waals surface area contributed by atoms with Crippen molar-refractivity contribution in [2.24, 2.45) is 5.14 Å². The summed E-state index contributed by atoms with van der Waals surface area (Å²) in [4.78, 5) is 1.65. The number of thioether (sulfide) groups is 1. The molecular weight excluding hydrogens is 426 g/mol. The Kier molecular flexibility index (Phi) is 6.56. The van der Waals surface area contributed by atoms with E-state index in [0.29, 0.717) is 17.9 Å². The maximum atomic E-state index is 11.6. The van der Waals surface area contributed by atoms with Crippen molar-refractivity contribution in [1.29, 1.82) is 0 Å². The number of aliphatic hydroxyl groups is 1. The maximum absolute atomic E-state index is 11.6. The van der Waals surface area contributed by atoms with E-state index in [1.165, 1.54) is 23.9 Å². The van der Waals surface area contributed by atoms with Crippen LogP contribution in [0.2, 0.25) is 5.02 Å². The quantitative estimate of drug-likeness (QED) is 0.518. The van der Waals surface area contributed by atoms with E-state index >= 15 is 0 Å². The minimum Gasteiger partial charge on any atom is -1.00 e. The molecule has 1 unspecified atom stereocenters. The van der Waals surface area contributed by atoms with Crippen molar-refractivity contribution in [3.8, 4) is 0 Å². The normalized spacial score (nSPS) is 21.3. The van der Waals surface area contributed by atoms with E-state index in [4.69, 9.17) is 16.7 Å². The van der Waals surface area contributed by atoms with E-state index in [1.54, 1.807) is 6.07 Å². The second kappa shape index (κ2) is 7.28. The Labute approximate surface area is 156 Å². The van der Waals surface area contributed by atoms with Crippen LogP contribution in [0.1, 0.15) is 12.5 Å². The van der Waals surface area contributed by atoms with Crippen LogP contribution in [0.5, 0.6) is 0 Å². The van der Waals surface area contributed by atoms with E-state index in [9.17, 15) is 13.5 Å². The second-order valence-corrected chi connectivity index (χ2v) is 8.10. The lowest BCUT2D eigenvalue weighted by atomic mass is 10.0. The molecule has 1 aliphatic heterocycles. The highest BCUT2D eigenvalue weighted by atomic mass is 79.9. The summed E-state index contributed by atoms with van der Waals surface area (Å²) in [5.74, 6) is 0.389. The van der Waals surface area contributed by atoms with Gasteiger partial charge in [-0.25, -0.2) is 18.5 Å². The van der Waals surface area contributed by atoms with Gasteiger partial charge >= 0.3 is 5.17 Å². The van der Waals surface area contributed by atoms with Crippen molar-refractivity contribution in [3.05, 3.63) is 28.8 Å². The minimum atomic E-state index is -3.95. The molecule has 1 saturated heterocycles. The Hall–Kier alpha value is -0.320. The SMILES string of the molecule is CCN1C(=[N+](C)C)SCC1(O)c1ccc(Cl)c(S(N)(=O)=O)c1.[Br-]. The lowest BCUT2D eigenvalue weighted by molar-refractivity contribution is -0.468. The first kappa shape index (κ1) is 20.7. The summed E-state index contributed by atoms with van der Waals surface area (Å²) in [6.07, 6.45) is 0. The lowest BCUT2D eigenvalue weighted by Gasteiger charge is -2.28. The molecule has 1 aromatic carbocycles. The molecule has 3 N–H and O–H groups in total. The molecule has 0 spiro atoms. The van der Waals surface area contributed by atoms with Crippen LogP contribution in [0.4, 0.5) is 0 Å². The van der Waals surface area contributed by atoms with E-state index in [0.717, 1.165) is 5.17 Å². The number of amidine groups is 1. The second-order valence-electron chi connectivity index (χ2n) is 5.22. The van der Waals surface area contributed by atoms with Gasteiger partial charge in [0.05, 0.1) is 31.4 Å². The summed E-state index contributed by atoms with van der Waals surface area (Å²) in [5.41, 5.74) is -0.851. The molecule has 1 heterocycles. The average molecular weight is 445 g/mol. The molecule has 2 rings (SSSR count). The van der Waals surface area contributed by atoms with Crippen molar-refractivity contribution in [3.63, 3.8) is 0 Å². The fraction of sp³-hybridized carbons (Fsp3) is 0.462. The molecule has 1 fully saturated rings. The van der Waals surface area contributed by atoms with Gasteiger partial charge in [-0.1, -0.05) is 17.7 Å². The summed E-state index contributed by atoms with van der Waals surface area (Å²) in [7, 11) is -0.158. The molecule has 1 aliphatic rings. The van der Waals surface area contributed by atoms with Gasteiger partial charge in [0.25, 0.3) is 0 Å². The number of nitrogens with two attached hydrogens (primary N) is 1. The summed E-state index contributed by atoms with van der Waals surface area (Å²) in [6, 6.07) is 4.42. The number of benzene rings is 1.